The highest BCUT2D eigenvalue weighted by Gasteiger charge is 2.05. The molecule has 8 heteroatoms. The van der Waals surface area contributed by atoms with Crippen LogP contribution in [0.25, 0.3) is 0 Å². The number of aromatic nitrogens is 2. The third kappa shape index (κ3) is 6.88. The number of hydrogen-bond acceptors (Lipinski definition) is 5. The zero-order valence-corrected chi connectivity index (χ0v) is 15.6. The van der Waals surface area contributed by atoms with Crippen molar-refractivity contribution in [2.24, 2.45) is 4.99 Å². The Morgan fingerprint density at radius 2 is 2.12 bits per heavy atom. The van der Waals surface area contributed by atoms with Gasteiger partial charge in [-0.1, -0.05) is 6.07 Å². The Labute approximate surface area is 152 Å². The average Bonchev–Trinajstić information content (AvgIpc) is 2.98. The first-order valence-electron chi connectivity index (χ1n) is 8.24. The van der Waals surface area contributed by atoms with Gasteiger partial charge in [-0.3, -0.25) is 4.79 Å². The van der Waals surface area contributed by atoms with Crippen molar-refractivity contribution in [3.8, 4) is 0 Å². The van der Waals surface area contributed by atoms with E-state index in [9.17, 15) is 4.79 Å². The molecule has 0 unspecified atom stereocenters. The quantitative estimate of drug-likeness (QED) is 0.520. The summed E-state index contributed by atoms with van der Waals surface area (Å²) in [5, 5.41) is 10.1. The maximum atomic E-state index is 12.0. The fourth-order valence-corrected chi connectivity index (χ4v) is 2.79. The van der Waals surface area contributed by atoms with Gasteiger partial charge in [0.2, 0.25) is 5.91 Å². The maximum absolute atomic E-state index is 12.0. The molecule has 0 aliphatic carbocycles. The van der Waals surface area contributed by atoms with Crippen LogP contribution in [-0.2, 0) is 11.3 Å². The van der Waals surface area contributed by atoms with Crippen LogP contribution >= 0.6 is 11.3 Å². The van der Waals surface area contributed by atoms with Crippen molar-refractivity contribution in [3.05, 3.63) is 40.0 Å². The molecule has 0 saturated heterocycles. The third-order valence-electron chi connectivity index (χ3n) is 3.19. The average molecular weight is 360 g/mol. The molecule has 0 spiro atoms. The summed E-state index contributed by atoms with van der Waals surface area (Å²) in [6.07, 6.45) is 2.18. The van der Waals surface area contributed by atoms with Crippen molar-refractivity contribution >= 4 is 29.0 Å². The van der Waals surface area contributed by atoms with Crippen molar-refractivity contribution in [1.82, 2.24) is 20.6 Å². The molecule has 2 aromatic rings. The SMILES string of the molecule is CCNC(=NCc1ncc(C)s1)NCCC(=O)Nc1cccc(C)n1. The Morgan fingerprint density at radius 1 is 1.28 bits per heavy atom. The zero-order valence-electron chi connectivity index (χ0n) is 14.8. The standard InChI is InChI=1S/C17H24N6OS/c1-4-18-17(21-11-16-20-10-13(3)25-16)19-9-8-15(24)23-14-7-5-6-12(2)22-14/h5-7,10H,4,8-9,11H2,1-3H3,(H2,18,19,21)(H,22,23,24). The molecule has 0 aliphatic rings. The van der Waals surface area contributed by atoms with Gasteiger partial charge in [0, 0.05) is 36.3 Å². The van der Waals surface area contributed by atoms with Gasteiger partial charge in [-0.2, -0.15) is 0 Å². The van der Waals surface area contributed by atoms with E-state index in [2.05, 4.69) is 30.9 Å². The molecule has 0 aliphatic heterocycles. The smallest absolute Gasteiger partial charge is 0.227 e. The highest BCUT2D eigenvalue weighted by Crippen LogP contribution is 2.11. The predicted octanol–water partition coefficient (Wildman–Crippen LogP) is 2.24. The molecule has 0 radical (unpaired) electrons. The van der Waals surface area contributed by atoms with Crippen LogP contribution < -0.4 is 16.0 Å². The van der Waals surface area contributed by atoms with E-state index >= 15 is 0 Å². The number of pyridine rings is 1. The Bertz CT molecular complexity index is 727. The van der Waals surface area contributed by atoms with Gasteiger partial charge in [0.25, 0.3) is 0 Å². The number of carbonyl (C=O) groups is 1. The van der Waals surface area contributed by atoms with Gasteiger partial charge in [-0.15, -0.1) is 11.3 Å². The molecule has 3 N–H and O–H groups in total. The highest BCUT2D eigenvalue weighted by atomic mass is 32.1. The number of aliphatic imine (C=N–C) groups is 1. The number of nitrogens with zero attached hydrogens (tertiary/aromatic N) is 3. The number of hydrogen-bond donors (Lipinski definition) is 3. The van der Waals surface area contributed by atoms with Crippen LogP contribution in [0.15, 0.2) is 29.4 Å². The van der Waals surface area contributed by atoms with Crippen LogP contribution in [0, 0.1) is 13.8 Å². The number of carbonyl (C=O) groups excluding carboxylic acids is 1. The van der Waals surface area contributed by atoms with Crippen LogP contribution in [0.4, 0.5) is 5.82 Å². The molecule has 0 saturated carbocycles. The number of nitrogens with one attached hydrogen (secondary N) is 3. The molecule has 0 aromatic carbocycles. The first-order valence-corrected chi connectivity index (χ1v) is 9.05. The predicted molar refractivity (Wildman–Crippen MR) is 102 cm³/mol. The van der Waals surface area contributed by atoms with E-state index in [1.54, 1.807) is 17.4 Å². The molecule has 134 valence electrons. The van der Waals surface area contributed by atoms with Gasteiger partial charge >= 0.3 is 0 Å². The first-order chi connectivity index (χ1) is 12.1. The van der Waals surface area contributed by atoms with Crippen molar-refractivity contribution in [2.45, 2.75) is 33.7 Å². The van der Waals surface area contributed by atoms with Crippen molar-refractivity contribution in [2.75, 3.05) is 18.4 Å². The molecule has 0 fully saturated rings. The number of amides is 1. The highest BCUT2D eigenvalue weighted by molar-refractivity contribution is 7.11. The molecule has 25 heavy (non-hydrogen) atoms. The summed E-state index contributed by atoms with van der Waals surface area (Å²) in [6, 6.07) is 5.53. The molecular formula is C17H24N6OS. The number of rotatable bonds is 7. The van der Waals surface area contributed by atoms with E-state index in [-0.39, 0.29) is 5.91 Å². The molecular weight excluding hydrogens is 336 g/mol. The summed E-state index contributed by atoms with van der Waals surface area (Å²) in [5.74, 6) is 1.17. The minimum Gasteiger partial charge on any atom is -0.357 e. The van der Waals surface area contributed by atoms with E-state index in [4.69, 9.17) is 0 Å². The molecule has 0 bridgehead atoms. The van der Waals surface area contributed by atoms with E-state index in [1.807, 2.05) is 39.1 Å². The second-order valence-electron chi connectivity index (χ2n) is 5.45. The van der Waals surface area contributed by atoms with Crippen molar-refractivity contribution in [3.63, 3.8) is 0 Å². The van der Waals surface area contributed by atoms with Gasteiger partial charge in [0.15, 0.2) is 5.96 Å². The maximum Gasteiger partial charge on any atom is 0.227 e. The molecule has 1 amide bonds. The topological polar surface area (TPSA) is 91.3 Å². The lowest BCUT2D eigenvalue weighted by molar-refractivity contribution is -0.116. The number of guanidine groups is 1. The van der Waals surface area contributed by atoms with Gasteiger partial charge in [0.05, 0.1) is 6.54 Å². The Kier molecular flexibility index (Phi) is 7.34. The number of anilines is 1. The fourth-order valence-electron chi connectivity index (χ4n) is 2.08. The fraction of sp³-hybridized carbons (Fsp3) is 0.412. The molecule has 7 nitrogen and oxygen atoms in total. The first kappa shape index (κ1) is 18.9. The number of thiazole rings is 1. The number of aryl methyl sites for hydroxylation is 2. The summed E-state index contributed by atoms with van der Waals surface area (Å²) in [7, 11) is 0. The Balaban J connectivity index is 1.79. The molecule has 2 rings (SSSR count). The van der Waals surface area contributed by atoms with Gasteiger partial charge in [0.1, 0.15) is 10.8 Å². The summed E-state index contributed by atoms with van der Waals surface area (Å²) in [6.45, 7) is 7.67. The second-order valence-corrected chi connectivity index (χ2v) is 6.77. The molecule has 2 heterocycles. The normalized spacial score (nSPS) is 11.2. The van der Waals surface area contributed by atoms with Crippen LogP contribution in [0.5, 0.6) is 0 Å². The summed E-state index contributed by atoms with van der Waals surface area (Å²) >= 11 is 1.63. The van der Waals surface area contributed by atoms with E-state index in [0.29, 0.717) is 31.3 Å². The van der Waals surface area contributed by atoms with Crippen LogP contribution in [0.3, 0.4) is 0 Å². The van der Waals surface area contributed by atoms with Gasteiger partial charge in [-0.05, 0) is 32.9 Å². The summed E-state index contributed by atoms with van der Waals surface area (Å²) in [5.41, 5.74) is 0.870. The van der Waals surface area contributed by atoms with Crippen LogP contribution in [0.2, 0.25) is 0 Å². The van der Waals surface area contributed by atoms with Crippen LogP contribution in [0.1, 0.15) is 28.9 Å². The zero-order chi connectivity index (χ0) is 18.1. The van der Waals surface area contributed by atoms with Crippen molar-refractivity contribution in [1.29, 1.82) is 0 Å². The largest absolute Gasteiger partial charge is 0.357 e. The minimum absolute atomic E-state index is 0.0861. The lowest BCUT2D eigenvalue weighted by Crippen LogP contribution is -2.38. The second kappa shape index (κ2) is 9.73. The summed E-state index contributed by atoms with van der Waals surface area (Å²) in [4.78, 5) is 26.2. The van der Waals surface area contributed by atoms with E-state index < -0.39 is 0 Å². The van der Waals surface area contributed by atoms with Gasteiger partial charge < -0.3 is 16.0 Å². The lowest BCUT2D eigenvalue weighted by atomic mass is 10.3. The molecule has 0 atom stereocenters. The van der Waals surface area contributed by atoms with E-state index in [0.717, 1.165) is 17.2 Å². The monoisotopic (exact) mass is 360 g/mol. The Morgan fingerprint density at radius 3 is 2.80 bits per heavy atom. The summed E-state index contributed by atoms with van der Waals surface area (Å²) < 4.78 is 0. The molecule has 2 aromatic heterocycles. The third-order valence-corrected chi connectivity index (χ3v) is 4.08. The Hall–Kier alpha value is -2.48. The minimum atomic E-state index is -0.0861. The lowest BCUT2D eigenvalue weighted by Gasteiger charge is -2.11. The van der Waals surface area contributed by atoms with E-state index in [1.165, 1.54) is 4.88 Å². The van der Waals surface area contributed by atoms with Crippen LogP contribution in [-0.4, -0.2) is 34.9 Å². The van der Waals surface area contributed by atoms with Gasteiger partial charge in [-0.25, -0.2) is 15.0 Å². The van der Waals surface area contributed by atoms with Crippen molar-refractivity contribution < 1.29 is 4.79 Å².